The second-order valence-electron chi connectivity index (χ2n) is 5.84. The maximum atomic E-state index is 13.5. The van der Waals surface area contributed by atoms with Crippen LogP contribution in [-0.4, -0.2) is 26.9 Å². The molecule has 0 unspecified atom stereocenters. The van der Waals surface area contributed by atoms with Gasteiger partial charge in [0, 0.05) is 6.04 Å². The van der Waals surface area contributed by atoms with Crippen molar-refractivity contribution >= 4 is 5.91 Å². The van der Waals surface area contributed by atoms with Crippen LogP contribution < -0.4 is 5.32 Å². The van der Waals surface area contributed by atoms with Gasteiger partial charge >= 0.3 is 6.18 Å². The van der Waals surface area contributed by atoms with Crippen molar-refractivity contribution in [1.29, 1.82) is 0 Å². The zero-order chi connectivity index (χ0) is 17.2. The van der Waals surface area contributed by atoms with Gasteiger partial charge in [-0.3, -0.25) is 4.79 Å². The molecule has 1 aliphatic rings. The fourth-order valence-corrected chi connectivity index (χ4v) is 2.94. The van der Waals surface area contributed by atoms with Crippen LogP contribution in [0.1, 0.15) is 48.3 Å². The van der Waals surface area contributed by atoms with Crippen LogP contribution in [0, 0.1) is 0 Å². The molecule has 5 nitrogen and oxygen atoms in total. The highest BCUT2D eigenvalue weighted by molar-refractivity contribution is 5.93. The number of carbonyl (C=O) groups is 1. The number of alkyl halides is 3. The summed E-state index contributed by atoms with van der Waals surface area (Å²) in [6.07, 6.45) is -0.162. The van der Waals surface area contributed by atoms with E-state index in [0.717, 1.165) is 32.1 Å². The first-order valence-electron chi connectivity index (χ1n) is 7.86. The molecule has 0 spiro atoms. The van der Waals surface area contributed by atoms with Gasteiger partial charge in [0.25, 0.3) is 5.91 Å². The monoisotopic (exact) mass is 338 g/mol. The van der Waals surface area contributed by atoms with Gasteiger partial charge in [0.15, 0.2) is 11.4 Å². The van der Waals surface area contributed by atoms with Crippen molar-refractivity contribution in [3.8, 4) is 5.69 Å². The fraction of sp³-hybridized carbons (Fsp3) is 0.438. The number of para-hydroxylation sites is 1. The van der Waals surface area contributed by atoms with E-state index in [1.807, 2.05) is 0 Å². The van der Waals surface area contributed by atoms with E-state index in [1.165, 1.54) is 12.1 Å². The lowest BCUT2D eigenvalue weighted by molar-refractivity contribution is -0.143. The zero-order valence-electron chi connectivity index (χ0n) is 12.9. The number of aromatic nitrogens is 3. The summed E-state index contributed by atoms with van der Waals surface area (Å²) in [6.45, 7) is 0. The molecule has 1 amide bonds. The van der Waals surface area contributed by atoms with Crippen molar-refractivity contribution in [3.05, 3.63) is 41.7 Å². The maximum Gasteiger partial charge on any atom is 0.435 e. The van der Waals surface area contributed by atoms with Gasteiger partial charge in [-0.15, -0.1) is 5.10 Å². The fourth-order valence-electron chi connectivity index (χ4n) is 2.94. The molecular formula is C16H17F3N4O. The number of hydrogen-bond donors (Lipinski definition) is 1. The summed E-state index contributed by atoms with van der Waals surface area (Å²) in [7, 11) is 0. The van der Waals surface area contributed by atoms with E-state index in [2.05, 4.69) is 15.6 Å². The summed E-state index contributed by atoms with van der Waals surface area (Å²) in [5.74, 6) is -0.823. The molecule has 24 heavy (non-hydrogen) atoms. The van der Waals surface area contributed by atoms with Crippen LogP contribution in [0.2, 0.25) is 0 Å². The minimum absolute atomic E-state index is 0.103. The van der Waals surface area contributed by atoms with Crippen LogP contribution in [0.15, 0.2) is 30.3 Å². The molecular weight excluding hydrogens is 321 g/mol. The summed E-state index contributed by atoms with van der Waals surface area (Å²) in [5, 5.41) is 9.72. The molecule has 0 atom stereocenters. The molecule has 1 aromatic heterocycles. The Morgan fingerprint density at radius 3 is 2.42 bits per heavy atom. The van der Waals surface area contributed by atoms with Crippen molar-refractivity contribution in [2.24, 2.45) is 0 Å². The third-order valence-electron chi connectivity index (χ3n) is 4.10. The van der Waals surface area contributed by atoms with Crippen LogP contribution in [0.5, 0.6) is 0 Å². The molecule has 1 N–H and O–H groups in total. The van der Waals surface area contributed by atoms with Gasteiger partial charge in [-0.05, 0) is 25.0 Å². The van der Waals surface area contributed by atoms with Crippen molar-refractivity contribution in [2.45, 2.75) is 44.3 Å². The number of carbonyl (C=O) groups excluding carboxylic acids is 1. The standard InChI is InChI=1S/C16H17F3N4O/c17-16(18,19)14-13(15(24)20-11-7-3-1-4-8-11)21-22-23(14)12-9-5-2-6-10-12/h2,5-6,9-11H,1,3-4,7-8H2,(H,20,24). The molecule has 0 radical (unpaired) electrons. The predicted molar refractivity (Wildman–Crippen MR) is 80.7 cm³/mol. The Morgan fingerprint density at radius 1 is 1.12 bits per heavy atom. The molecule has 1 aromatic carbocycles. The minimum atomic E-state index is -4.74. The van der Waals surface area contributed by atoms with Gasteiger partial charge in [-0.1, -0.05) is 42.7 Å². The first-order chi connectivity index (χ1) is 11.5. The van der Waals surface area contributed by atoms with Crippen LogP contribution in [0.25, 0.3) is 5.69 Å². The lowest BCUT2D eigenvalue weighted by Crippen LogP contribution is -2.37. The third-order valence-corrected chi connectivity index (χ3v) is 4.10. The molecule has 2 aromatic rings. The SMILES string of the molecule is O=C(NC1CCCCC1)c1nnn(-c2ccccc2)c1C(F)(F)F. The highest BCUT2D eigenvalue weighted by Gasteiger charge is 2.42. The molecule has 3 rings (SSSR count). The number of nitrogens with one attached hydrogen (secondary N) is 1. The second kappa shape index (κ2) is 6.62. The highest BCUT2D eigenvalue weighted by Crippen LogP contribution is 2.32. The van der Waals surface area contributed by atoms with Crippen molar-refractivity contribution in [1.82, 2.24) is 20.3 Å². The molecule has 1 fully saturated rings. The number of benzene rings is 1. The average Bonchev–Trinajstić information content (AvgIpc) is 3.02. The Balaban J connectivity index is 1.93. The summed E-state index contributed by atoms with van der Waals surface area (Å²) >= 11 is 0. The quantitative estimate of drug-likeness (QED) is 0.934. The predicted octanol–water partition coefficient (Wildman–Crippen LogP) is 3.35. The van der Waals surface area contributed by atoms with Crippen molar-refractivity contribution in [2.75, 3.05) is 0 Å². The Hall–Kier alpha value is -2.38. The van der Waals surface area contributed by atoms with Crippen LogP contribution in [0.3, 0.4) is 0 Å². The van der Waals surface area contributed by atoms with Gasteiger partial charge in [0.05, 0.1) is 5.69 Å². The Kier molecular flexibility index (Phi) is 4.55. The Bertz CT molecular complexity index is 706. The molecule has 1 saturated carbocycles. The summed E-state index contributed by atoms with van der Waals surface area (Å²) in [4.78, 5) is 12.3. The third kappa shape index (κ3) is 3.42. The molecule has 128 valence electrons. The highest BCUT2D eigenvalue weighted by atomic mass is 19.4. The molecule has 1 aliphatic carbocycles. The Morgan fingerprint density at radius 2 is 1.79 bits per heavy atom. The average molecular weight is 338 g/mol. The van der Waals surface area contributed by atoms with Gasteiger partial charge in [-0.25, -0.2) is 4.68 Å². The lowest BCUT2D eigenvalue weighted by Gasteiger charge is -2.22. The maximum absolute atomic E-state index is 13.5. The summed E-state index contributed by atoms with van der Waals surface area (Å²) in [5.41, 5.74) is -1.63. The van der Waals surface area contributed by atoms with E-state index < -0.39 is 23.5 Å². The summed E-state index contributed by atoms with van der Waals surface area (Å²) < 4.78 is 41.1. The van der Waals surface area contributed by atoms with E-state index in [4.69, 9.17) is 0 Å². The van der Waals surface area contributed by atoms with Crippen molar-refractivity contribution in [3.63, 3.8) is 0 Å². The number of hydrogen-bond acceptors (Lipinski definition) is 3. The van der Waals surface area contributed by atoms with Gasteiger partial charge in [0.1, 0.15) is 0 Å². The van der Waals surface area contributed by atoms with Crippen LogP contribution >= 0.6 is 0 Å². The number of halogens is 3. The first kappa shape index (κ1) is 16.5. The van der Waals surface area contributed by atoms with Crippen LogP contribution in [0.4, 0.5) is 13.2 Å². The smallest absolute Gasteiger partial charge is 0.348 e. The lowest BCUT2D eigenvalue weighted by atomic mass is 9.95. The van der Waals surface area contributed by atoms with E-state index in [9.17, 15) is 18.0 Å². The van der Waals surface area contributed by atoms with Gasteiger partial charge < -0.3 is 5.32 Å². The Labute approximate surface area is 136 Å². The number of amides is 1. The summed E-state index contributed by atoms with van der Waals surface area (Å²) in [6, 6.07) is 7.73. The van der Waals surface area contributed by atoms with E-state index in [1.54, 1.807) is 18.2 Å². The molecule has 8 heteroatoms. The number of rotatable bonds is 3. The molecule has 0 aliphatic heterocycles. The van der Waals surface area contributed by atoms with E-state index in [0.29, 0.717) is 4.68 Å². The first-order valence-corrected chi connectivity index (χ1v) is 7.86. The zero-order valence-corrected chi connectivity index (χ0v) is 12.9. The minimum Gasteiger partial charge on any atom is -0.348 e. The second-order valence-corrected chi connectivity index (χ2v) is 5.84. The topological polar surface area (TPSA) is 59.8 Å². The normalized spacial score (nSPS) is 16.1. The van der Waals surface area contributed by atoms with Gasteiger partial charge in [-0.2, -0.15) is 13.2 Å². The van der Waals surface area contributed by atoms with Crippen LogP contribution in [-0.2, 0) is 6.18 Å². The number of nitrogens with zero attached hydrogens (tertiary/aromatic N) is 3. The largest absolute Gasteiger partial charge is 0.435 e. The van der Waals surface area contributed by atoms with E-state index in [-0.39, 0.29) is 11.7 Å². The molecule has 1 heterocycles. The van der Waals surface area contributed by atoms with E-state index >= 15 is 0 Å². The van der Waals surface area contributed by atoms with Gasteiger partial charge in [0.2, 0.25) is 0 Å². The molecule has 0 saturated heterocycles. The van der Waals surface area contributed by atoms with Crippen molar-refractivity contribution < 1.29 is 18.0 Å². The molecule has 0 bridgehead atoms.